The molecule has 0 radical (unpaired) electrons. The Balaban J connectivity index is 1.36. The molecule has 3 aliphatic carbocycles. The molecule has 1 aromatic carbocycles. The summed E-state index contributed by atoms with van der Waals surface area (Å²) < 4.78 is 11.8. The van der Waals surface area contributed by atoms with Crippen LogP contribution in [0.1, 0.15) is 55.8 Å². The Hall–Kier alpha value is -2.24. The number of likely N-dealkylation sites (tertiary alicyclic amines) is 1. The summed E-state index contributed by atoms with van der Waals surface area (Å²) in [5, 5.41) is 3.17. The van der Waals surface area contributed by atoms with Gasteiger partial charge in [0.15, 0.2) is 5.72 Å². The molecule has 0 unspecified atom stereocenters. The number of amides is 2. The number of carbonyl (C=O) groups excluding carboxylic acids is 2. The van der Waals surface area contributed by atoms with E-state index in [1.54, 1.807) is 25.3 Å². The highest BCUT2D eigenvalue weighted by molar-refractivity contribution is 5.98. The minimum absolute atomic E-state index is 0.0694. The van der Waals surface area contributed by atoms with E-state index in [2.05, 4.69) is 17.1 Å². The maximum atomic E-state index is 13.2. The summed E-state index contributed by atoms with van der Waals surface area (Å²) in [6, 6.07) is 5.33. The zero-order chi connectivity index (χ0) is 20.2. The molecule has 2 heterocycles. The second kappa shape index (κ2) is 6.92. The van der Waals surface area contributed by atoms with Gasteiger partial charge in [-0.1, -0.05) is 6.92 Å². The molecule has 2 aliphatic heterocycles. The number of fused-ring (bicyclic) bond motifs is 3. The highest BCUT2D eigenvalue weighted by Crippen LogP contribution is 2.53. The molecular weight excluding hydrogens is 368 g/mol. The van der Waals surface area contributed by atoms with Crippen molar-refractivity contribution in [3.05, 3.63) is 23.8 Å². The fourth-order valence-corrected chi connectivity index (χ4v) is 5.88. The Morgan fingerprint density at radius 3 is 2.72 bits per heavy atom. The van der Waals surface area contributed by atoms with Crippen LogP contribution in [0.2, 0.25) is 0 Å². The molecule has 5 aliphatic rings. The maximum absolute atomic E-state index is 13.2. The van der Waals surface area contributed by atoms with Crippen LogP contribution in [0, 0.1) is 23.7 Å². The number of benzene rings is 1. The fourth-order valence-electron chi connectivity index (χ4n) is 5.88. The summed E-state index contributed by atoms with van der Waals surface area (Å²) in [6.45, 7) is 4.04. The molecule has 4 atom stereocenters. The van der Waals surface area contributed by atoms with Gasteiger partial charge in [-0.25, -0.2) is 0 Å². The Morgan fingerprint density at radius 1 is 1.24 bits per heavy atom. The van der Waals surface area contributed by atoms with Crippen molar-refractivity contribution in [3.8, 4) is 11.5 Å². The van der Waals surface area contributed by atoms with E-state index in [1.165, 1.54) is 0 Å². The van der Waals surface area contributed by atoms with Gasteiger partial charge in [0, 0.05) is 37.4 Å². The highest BCUT2D eigenvalue weighted by Gasteiger charge is 2.57. The summed E-state index contributed by atoms with van der Waals surface area (Å²) in [5.74, 6) is 2.72. The first-order chi connectivity index (χ1) is 14.0. The molecule has 1 spiro atoms. The lowest BCUT2D eigenvalue weighted by Gasteiger charge is -2.55. The molecule has 29 heavy (non-hydrogen) atoms. The van der Waals surface area contributed by atoms with Gasteiger partial charge in [0.1, 0.15) is 11.5 Å². The van der Waals surface area contributed by atoms with E-state index in [4.69, 9.17) is 9.47 Å². The topological polar surface area (TPSA) is 67.9 Å². The molecular formula is C23H30N2O4. The summed E-state index contributed by atoms with van der Waals surface area (Å²) in [5.41, 5.74) is -0.139. The first kappa shape index (κ1) is 18.8. The van der Waals surface area contributed by atoms with Crippen molar-refractivity contribution < 1.29 is 19.1 Å². The average Bonchev–Trinajstić information content (AvgIpc) is 2.73. The summed E-state index contributed by atoms with van der Waals surface area (Å²) in [4.78, 5) is 28.2. The predicted octanol–water partition coefficient (Wildman–Crippen LogP) is 3.21. The summed E-state index contributed by atoms with van der Waals surface area (Å²) in [7, 11) is 1.61. The van der Waals surface area contributed by atoms with Crippen LogP contribution < -0.4 is 14.8 Å². The smallest absolute Gasteiger partial charge is 0.258 e. The maximum Gasteiger partial charge on any atom is 0.258 e. The minimum atomic E-state index is -0.688. The Bertz CT molecular complexity index is 832. The van der Waals surface area contributed by atoms with Gasteiger partial charge in [-0.2, -0.15) is 0 Å². The Kier molecular flexibility index (Phi) is 4.48. The monoisotopic (exact) mass is 398 g/mol. The highest BCUT2D eigenvalue weighted by atomic mass is 16.5. The van der Waals surface area contributed by atoms with Gasteiger partial charge in [0.25, 0.3) is 5.91 Å². The number of hydrogen-bond acceptors (Lipinski definition) is 4. The number of carbonyl (C=O) groups is 2. The van der Waals surface area contributed by atoms with Gasteiger partial charge in [0.2, 0.25) is 5.91 Å². The summed E-state index contributed by atoms with van der Waals surface area (Å²) >= 11 is 0. The number of hydrogen-bond donors (Lipinski definition) is 1. The van der Waals surface area contributed by atoms with Crippen LogP contribution in [0.5, 0.6) is 11.5 Å². The number of piperidine rings is 1. The lowest BCUT2D eigenvalue weighted by Crippen LogP contribution is -2.67. The second-order valence-electron chi connectivity index (χ2n) is 9.40. The van der Waals surface area contributed by atoms with Crippen molar-refractivity contribution in [2.75, 3.05) is 20.2 Å². The van der Waals surface area contributed by atoms with E-state index in [1.807, 2.05) is 0 Å². The lowest BCUT2D eigenvalue weighted by molar-refractivity contribution is -0.156. The van der Waals surface area contributed by atoms with Crippen molar-refractivity contribution in [1.82, 2.24) is 10.2 Å². The number of rotatable bonds is 2. The SMILES string of the molecule is COc1ccc2c(c1)O[C@]1(C[C@H]3CC[C@@H]1C[C@@H]3C(=O)N1CCC(C)CC1)NC2=O. The Labute approximate surface area is 171 Å². The fraction of sp³-hybridized carbons (Fsp3) is 0.652. The number of methoxy groups -OCH3 is 1. The van der Waals surface area contributed by atoms with Crippen LogP contribution in [0.25, 0.3) is 0 Å². The van der Waals surface area contributed by atoms with Gasteiger partial charge < -0.3 is 19.7 Å². The van der Waals surface area contributed by atoms with E-state index >= 15 is 0 Å². The van der Waals surface area contributed by atoms with Crippen molar-refractivity contribution >= 4 is 11.8 Å². The third kappa shape index (κ3) is 3.08. The minimum Gasteiger partial charge on any atom is -0.497 e. The van der Waals surface area contributed by atoms with Gasteiger partial charge >= 0.3 is 0 Å². The third-order valence-electron chi connectivity index (χ3n) is 7.68. The molecule has 156 valence electrons. The van der Waals surface area contributed by atoms with Crippen LogP contribution in [-0.4, -0.2) is 42.6 Å². The standard InChI is InChI=1S/C23H30N2O4/c1-14-7-9-25(10-8-14)22(27)19-11-16-4-3-15(19)13-23(16)24-21(26)18-6-5-17(28-2)12-20(18)29-23/h5-6,12,14-16,19H,3-4,7-11,13H2,1-2H3,(H,24,26)/t15-,16-,19+,23+/m1/s1. The first-order valence-corrected chi connectivity index (χ1v) is 11.0. The molecule has 1 N–H and O–H groups in total. The zero-order valence-corrected chi connectivity index (χ0v) is 17.3. The van der Waals surface area contributed by atoms with Crippen LogP contribution in [0.4, 0.5) is 0 Å². The molecule has 6 heteroatoms. The molecule has 3 saturated carbocycles. The van der Waals surface area contributed by atoms with Gasteiger partial charge in [-0.15, -0.1) is 0 Å². The molecule has 4 fully saturated rings. The van der Waals surface area contributed by atoms with Crippen molar-refractivity contribution in [3.63, 3.8) is 0 Å². The van der Waals surface area contributed by atoms with Crippen molar-refractivity contribution in [2.45, 2.75) is 51.2 Å². The van der Waals surface area contributed by atoms with E-state index in [-0.39, 0.29) is 23.7 Å². The average molecular weight is 399 g/mol. The number of nitrogens with zero attached hydrogens (tertiary/aromatic N) is 1. The zero-order valence-electron chi connectivity index (χ0n) is 17.3. The van der Waals surface area contributed by atoms with E-state index < -0.39 is 5.72 Å². The summed E-state index contributed by atoms with van der Waals surface area (Å²) in [6.07, 6.45) is 5.75. The van der Waals surface area contributed by atoms with Crippen molar-refractivity contribution in [1.29, 1.82) is 0 Å². The van der Waals surface area contributed by atoms with Crippen LogP contribution in [0.3, 0.4) is 0 Å². The first-order valence-electron chi connectivity index (χ1n) is 11.0. The quantitative estimate of drug-likeness (QED) is 0.831. The van der Waals surface area contributed by atoms with Gasteiger partial charge in [0.05, 0.1) is 12.7 Å². The van der Waals surface area contributed by atoms with Crippen LogP contribution >= 0.6 is 0 Å². The normalized spacial score (nSPS) is 33.8. The predicted molar refractivity (Wildman–Crippen MR) is 108 cm³/mol. The molecule has 1 aromatic rings. The van der Waals surface area contributed by atoms with E-state index in [9.17, 15) is 9.59 Å². The van der Waals surface area contributed by atoms with E-state index in [0.717, 1.165) is 45.2 Å². The molecule has 2 amide bonds. The molecule has 0 aromatic heterocycles. The molecule has 2 bridgehead atoms. The second-order valence-corrected chi connectivity index (χ2v) is 9.40. The van der Waals surface area contributed by atoms with Crippen molar-refractivity contribution in [2.24, 2.45) is 23.7 Å². The molecule has 6 nitrogen and oxygen atoms in total. The van der Waals surface area contributed by atoms with Gasteiger partial charge in [-0.05, 0) is 56.1 Å². The van der Waals surface area contributed by atoms with Crippen LogP contribution in [-0.2, 0) is 4.79 Å². The van der Waals surface area contributed by atoms with Gasteiger partial charge in [-0.3, -0.25) is 9.59 Å². The lowest BCUT2D eigenvalue weighted by atomic mass is 9.59. The number of ether oxygens (including phenoxy) is 2. The Morgan fingerprint density at radius 2 is 2.03 bits per heavy atom. The largest absolute Gasteiger partial charge is 0.497 e. The van der Waals surface area contributed by atoms with Crippen LogP contribution in [0.15, 0.2) is 18.2 Å². The van der Waals surface area contributed by atoms with E-state index in [0.29, 0.717) is 35.3 Å². The molecule has 6 rings (SSSR count). The number of nitrogens with one attached hydrogen (secondary N) is 1. The molecule has 1 saturated heterocycles. The third-order valence-corrected chi connectivity index (χ3v) is 7.68.